The number of benzene rings is 2. The van der Waals surface area contributed by atoms with E-state index in [0.717, 1.165) is 0 Å². The van der Waals surface area contributed by atoms with Crippen LogP contribution in [0.2, 0.25) is 0 Å². The number of aromatic nitrogens is 5. The van der Waals surface area contributed by atoms with Crippen molar-refractivity contribution in [1.29, 1.82) is 0 Å². The molecule has 2 N–H and O–H groups in total. The Morgan fingerprint density at radius 1 is 0.900 bits per heavy atom. The first kappa shape index (κ1) is 24.7. The molecule has 4 heterocycles. The van der Waals surface area contributed by atoms with E-state index in [9.17, 15) is 9.18 Å². The zero-order valence-corrected chi connectivity index (χ0v) is 21.3. The van der Waals surface area contributed by atoms with Gasteiger partial charge in [0, 0.05) is 24.0 Å². The summed E-state index contributed by atoms with van der Waals surface area (Å²) < 4.78 is 30.1. The molecule has 10 nitrogen and oxygen atoms in total. The van der Waals surface area contributed by atoms with Crippen LogP contribution in [0.4, 0.5) is 16.0 Å². The molecule has 0 amide bonds. The number of anilines is 2. The topological polar surface area (TPSA) is 124 Å². The molecule has 198 valence electrons. The lowest BCUT2D eigenvalue weighted by atomic mass is 10.1. The zero-order valence-electron chi connectivity index (χ0n) is 21.3. The summed E-state index contributed by atoms with van der Waals surface area (Å²) in [7, 11) is 3.10. The largest absolute Gasteiger partial charge is 0.493 e. The number of H-pyrrole nitrogens is 1. The van der Waals surface area contributed by atoms with Crippen molar-refractivity contribution >= 4 is 33.4 Å². The zero-order chi connectivity index (χ0) is 27.6. The van der Waals surface area contributed by atoms with Gasteiger partial charge in [0.05, 0.1) is 42.2 Å². The molecule has 0 radical (unpaired) electrons. The van der Waals surface area contributed by atoms with Crippen LogP contribution in [-0.2, 0) is 0 Å². The molecule has 0 saturated heterocycles. The van der Waals surface area contributed by atoms with Crippen molar-refractivity contribution in [2.45, 2.75) is 0 Å². The van der Waals surface area contributed by atoms with Crippen LogP contribution in [0.25, 0.3) is 32.9 Å². The highest BCUT2D eigenvalue weighted by molar-refractivity contribution is 5.93. The van der Waals surface area contributed by atoms with Gasteiger partial charge in [0.1, 0.15) is 29.5 Å². The van der Waals surface area contributed by atoms with Crippen LogP contribution in [0.15, 0.2) is 84.3 Å². The van der Waals surface area contributed by atoms with E-state index >= 15 is 0 Å². The number of nitrogens with zero attached hydrogens (tertiary/aromatic N) is 4. The maximum atomic E-state index is 13.4. The highest BCUT2D eigenvalue weighted by Gasteiger charge is 2.15. The maximum Gasteiger partial charge on any atom is 0.230 e. The van der Waals surface area contributed by atoms with Crippen LogP contribution in [0, 0.1) is 5.82 Å². The molecule has 40 heavy (non-hydrogen) atoms. The van der Waals surface area contributed by atoms with Crippen molar-refractivity contribution < 1.29 is 18.6 Å². The standard InChI is InChI=1S/C29H21FN6O4/c1-38-23-11-19-22(12-24(23)39-2)34-15-35-29(19)40-18-7-8-25(33-13-18)36-28-26-21(9-10-31-28)32-14-20(27(26)37)16-3-5-17(30)6-4-16/h3-15H,1-2H3,(H,32,37)(H,31,33,36). The molecule has 0 atom stereocenters. The number of halogens is 1. The van der Waals surface area contributed by atoms with Crippen molar-refractivity contribution in [2.24, 2.45) is 0 Å². The quantitative estimate of drug-likeness (QED) is 0.267. The van der Waals surface area contributed by atoms with Gasteiger partial charge in [-0.25, -0.2) is 24.3 Å². The van der Waals surface area contributed by atoms with Crippen molar-refractivity contribution in [1.82, 2.24) is 24.9 Å². The predicted octanol–water partition coefficient (Wildman–Crippen LogP) is 5.62. The molecule has 0 spiro atoms. The Labute approximate surface area is 226 Å². The molecular weight excluding hydrogens is 515 g/mol. The van der Waals surface area contributed by atoms with Crippen LogP contribution in [0.3, 0.4) is 0 Å². The summed E-state index contributed by atoms with van der Waals surface area (Å²) >= 11 is 0. The van der Waals surface area contributed by atoms with Crippen LogP contribution < -0.4 is 25.0 Å². The smallest absolute Gasteiger partial charge is 0.230 e. The number of ether oxygens (including phenoxy) is 3. The highest BCUT2D eigenvalue weighted by Crippen LogP contribution is 2.36. The number of pyridine rings is 3. The summed E-state index contributed by atoms with van der Waals surface area (Å²) in [6.45, 7) is 0. The third-order valence-corrected chi connectivity index (χ3v) is 6.25. The Balaban J connectivity index is 1.29. The van der Waals surface area contributed by atoms with Gasteiger partial charge < -0.3 is 24.5 Å². The monoisotopic (exact) mass is 536 g/mol. The Bertz CT molecular complexity index is 1910. The van der Waals surface area contributed by atoms with Crippen molar-refractivity contribution in [2.75, 3.05) is 19.5 Å². The first-order valence-corrected chi connectivity index (χ1v) is 12.1. The van der Waals surface area contributed by atoms with Crippen molar-refractivity contribution in [3.05, 3.63) is 95.6 Å². The molecule has 11 heteroatoms. The highest BCUT2D eigenvalue weighted by atomic mass is 19.1. The number of methoxy groups -OCH3 is 2. The van der Waals surface area contributed by atoms with E-state index in [1.54, 1.807) is 69.1 Å². The Kier molecular flexibility index (Phi) is 6.37. The first-order valence-electron chi connectivity index (χ1n) is 12.1. The van der Waals surface area contributed by atoms with Gasteiger partial charge in [0.25, 0.3) is 0 Å². The fourth-order valence-corrected chi connectivity index (χ4v) is 4.29. The molecular formula is C29H21FN6O4. The van der Waals surface area contributed by atoms with E-state index in [-0.39, 0.29) is 11.2 Å². The second kappa shape index (κ2) is 10.3. The summed E-state index contributed by atoms with van der Waals surface area (Å²) in [5.74, 6) is 2.21. The van der Waals surface area contributed by atoms with Crippen LogP contribution in [0.1, 0.15) is 0 Å². The fraction of sp³-hybridized carbons (Fsp3) is 0.0690. The first-order chi connectivity index (χ1) is 19.5. The minimum absolute atomic E-state index is 0.251. The van der Waals surface area contributed by atoms with E-state index in [4.69, 9.17) is 14.2 Å². The van der Waals surface area contributed by atoms with Gasteiger partial charge in [-0.15, -0.1) is 0 Å². The summed E-state index contributed by atoms with van der Waals surface area (Å²) in [4.78, 5) is 33.9. The van der Waals surface area contributed by atoms with Gasteiger partial charge in [-0.3, -0.25) is 4.79 Å². The predicted molar refractivity (Wildman–Crippen MR) is 148 cm³/mol. The van der Waals surface area contributed by atoms with Gasteiger partial charge in [-0.2, -0.15) is 0 Å². The van der Waals surface area contributed by atoms with E-state index in [1.807, 2.05) is 0 Å². The second-order valence-corrected chi connectivity index (χ2v) is 8.63. The molecule has 0 fully saturated rings. The van der Waals surface area contributed by atoms with Crippen LogP contribution >= 0.6 is 0 Å². The number of fused-ring (bicyclic) bond motifs is 2. The van der Waals surface area contributed by atoms with Gasteiger partial charge in [0.15, 0.2) is 11.5 Å². The average molecular weight is 537 g/mol. The number of aromatic amines is 1. The number of hydrogen-bond acceptors (Lipinski definition) is 9. The summed E-state index contributed by atoms with van der Waals surface area (Å²) in [5.41, 5.74) is 1.95. The molecule has 0 aliphatic heterocycles. The normalized spacial score (nSPS) is 11.0. The SMILES string of the molecule is COc1cc2ncnc(Oc3ccc(Nc4nccc5[nH]cc(-c6ccc(F)cc6)c(=O)c45)nc3)c2cc1OC. The number of nitrogens with one attached hydrogen (secondary N) is 2. The lowest BCUT2D eigenvalue weighted by molar-refractivity contribution is 0.355. The van der Waals surface area contributed by atoms with Crippen LogP contribution in [0.5, 0.6) is 23.1 Å². The molecule has 0 bridgehead atoms. The molecule has 4 aromatic heterocycles. The average Bonchev–Trinajstić information content (AvgIpc) is 2.98. The molecule has 2 aromatic carbocycles. The number of hydrogen-bond donors (Lipinski definition) is 2. The maximum absolute atomic E-state index is 13.4. The Hall–Kier alpha value is -5.58. The minimum atomic E-state index is -0.378. The third-order valence-electron chi connectivity index (χ3n) is 6.25. The molecule has 0 saturated carbocycles. The molecule has 6 rings (SSSR count). The van der Waals surface area contributed by atoms with E-state index in [1.165, 1.54) is 24.7 Å². The van der Waals surface area contributed by atoms with Crippen molar-refractivity contribution in [3.8, 4) is 34.3 Å². The molecule has 0 unspecified atom stereocenters. The summed E-state index contributed by atoms with van der Waals surface area (Å²) in [6.07, 6.45) is 6.11. The molecule has 6 aromatic rings. The van der Waals surface area contributed by atoms with E-state index in [0.29, 0.717) is 67.7 Å². The second-order valence-electron chi connectivity index (χ2n) is 8.63. The fourth-order valence-electron chi connectivity index (χ4n) is 4.29. The summed E-state index contributed by atoms with van der Waals surface area (Å²) in [5, 5.41) is 4.10. The lowest BCUT2D eigenvalue weighted by Gasteiger charge is -2.12. The molecule has 0 aliphatic carbocycles. The lowest BCUT2D eigenvalue weighted by Crippen LogP contribution is -2.10. The Morgan fingerprint density at radius 3 is 2.45 bits per heavy atom. The Morgan fingerprint density at radius 2 is 1.70 bits per heavy atom. The van der Waals surface area contributed by atoms with Crippen molar-refractivity contribution in [3.63, 3.8) is 0 Å². The number of rotatable bonds is 7. The van der Waals surface area contributed by atoms with Gasteiger partial charge in [-0.05, 0) is 42.0 Å². The van der Waals surface area contributed by atoms with Crippen LogP contribution in [-0.4, -0.2) is 39.1 Å². The molecule has 0 aliphatic rings. The van der Waals surface area contributed by atoms with Gasteiger partial charge in [-0.1, -0.05) is 12.1 Å². The summed E-state index contributed by atoms with van der Waals surface area (Å²) in [6, 6.07) is 14.3. The van der Waals surface area contributed by atoms with Gasteiger partial charge >= 0.3 is 0 Å². The van der Waals surface area contributed by atoms with Gasteiger partial charge in [0.2, 0.25) is 11.3 Å². The van der Waals surface area contributed by atoms with E-state index < -0.39 is 0 Å². The third kappa shape index (κ3) is 4.60. The van der Waals surface area contributed by atoms with E-state index in [2.05, 4.69) is 30.2 Å². The minimum Gasteiger partial charge on any atom is -0.493 e.